The van der Waals surface area contributed by atoms with E-state index in [1.165, 1.54) is 11.6 Å². The number of hydrogen-bond donors (Lipinski definition) is 2. The van der Waals surface area contributed by atoms with Crippen molar-refractivity contribution < 1.29 is 9.18 Å². The minimum Gasteiger partial charge on any atom is -0.375 e. The summed E-state index contributed by atoms with van der Waals surface area (Å²) in [7, 11) is 5.34. The van der Waals surface area contributed by atoms with Crippen molar-refractivity contribution in [1.82, 2.24) is 15.5 Å². The zero-order valence-corrected chi connectivity index (χ0v) is 21.3. The van der Waals surface area contributed by atoms with Gasteiger partial charge in [-0.15, -0.1) is 24.0 Å². The molecule has 174 valence electrons. The summed E-state index contributed by atoms with van der Waals surface area (Å²) in [5.41, 5.74) is 2.65. The van der Waals surface area contributed by atoms with E-state index in [0.29, 0.717) is 31.2 Å². The Bertz CT molecular complexity index is 907. The van der Waals surface area contributed by atoms with Gasteiger partial charge < -0.3 is 20.4 Å². The van der Waals surface area contributed by atoms with E-state index in [2.05, 4.69) is 27.8 Å². The molecule has 0 aromatic heterocycles. The van der Waals surface area contributed by atoms with E-state index >= 15 is 0 Å². The zero-order chi connectivity index (χ0) is 22.2. The number of aliphatic imine (C=N–C) groups is 1. The predicted molar refractivity (Wildman–Crippen MR) is 139 cm³/mol. The second-order valence-corrected chi connectivity index (χ2v) is 8.13. The number of benzene rings is 2. The molecule has 0 bridgehead atoms. The van der Waals surface area contributed by atoms with Crippen LogP contribution in [-0.2, 0) is 17.8 Å². The predicted octanol–water partition coefficient (Wildman–Crippen LogP) is 3.27. The smallest absolute Gasteiger partial charge is 0.223 e. The molecule has 32 heavy (non-hydrogen) atoms. The number of carbonyl (C=O) groups excluding carboxylic acids is 1. The fraction of sp³-hybridized carbons (Fsp3) is 0.417. The van der Waals surface area contributed by atoms with Gasteiger partial charge in [-0.2, -0.15) is 0 Å². The van der Waals surface area contributed by atoms with Crippen LogP contribution in [0.1, 0.15) is 17.5 Å². The summed E-state index contributed by atoms with van der Waals surface area (Å²) in [5.74, 6) is 0.861. The highest BCUT2D eigenvalue weighted by molar-refractivity contribution is 14.0. The first kappa shape index (κ1) is 25.9. The normalized spacial score (nSPS) is 16.0. The summed E-state index contributed by atoms with van der Waals surface area (Å²) in [6.07, 6.45) is 1.43. The molecule has 1 amide bonds. The van der Waals surface area contributed by atoms with Gasteiger partial charge in [0.05, 0.1) is 5.69 Å². The standard InChI is InChI=1S/C24H32FN5O.HI/c1-26-24(27-15-19-9-10-22(29(2)3)21(25)13-19)28-16-20-14-23(31)30(17-20)12-11-18-7-5-4-6-8-18;/h4-10,13,20H,11-12,14-17H2,1-3H3,(H2,26,27,28);1H. The van der Waals surface area contributed by atoms with Crippen LogP contribution < -0.4 is 15.5 Å². The summed E-state index contributed by atoms with van der Waals surface area (Å²) in [6, 6.07) is 15.5. The lowest BCUT2D eigenvalue weighted by Crippen LogP contribution is -2.40. The number of amides is 1. The van der Waals surface area contributed by atoms with E-state index in [1.54, 1.807) is 18.0 Å². The van der Waals surface area contributed by atoms with Crippen LogP contribution in [0.2, 0.25) is 0 Å². The van der Waals surface area contributed by atoms with Gasteiger partial charge in [0.25, 0.3) is 0 Å². The van der Waals surface area contributed by atoms with Crippen molar-refractivity contribution in [1.29, 1.82) is 0 Å². The number of guanidine groups is 1. The quantitative estimate of drug-likeness (QED) is 0.300. The summed E-state index contributed by atoms with van der Waals surface area (Å²) in [6.45, 7) is 2.64. The van der Waals surface area contributed by atoms with Gasteiger partial charge in [0.2, 0.25) is 5.91 Å². The molecule has 2 N–H and O–H groups in total. The lowest BCUT2D eigenvalue weighted by atomic mass is 10.1. The molecule has 8 heteroatoms. The Morgan fingerprint density at radius 3 is 2.56 bits per heavy atom. The fourth-order valence-electron chi connectivity index (χ4n) is 3.79. The second kappa shape index (κ2) is 12.6. The van der Waals surface area contributed by atoms with Gasteiger partial charge in [0.1, 0.15) is 5.82 Å². The summed E-state index contributed by atoms with van der Waals surface area (Å²) in [4.78, 5) is 20.3. The van der Waals surface area contributed by atoms with E-state index in [-0.39, 0.29) is 41.6 Å². The summed E-state index contributed by atoms with van der Waals surface area (Å²) < 4.78 is 14.2. The van der Waals surface area contributed by atoms with Crippen molar-refractivity contribution >= 4 is 41.5 Å². The van der Waals surface area contributed by atoms with Crippen molar-refractivity contribution in [2.24, 2.45) is 10.9 Å². The minimum atomic E-state index is -0.243. The lowest BCUT2D eigenvalue weighted by Gasteiger charge is -2.18. The Morgan fingerprint density at radius 2 is 1.91 bits per heavy atom. The average Bonchev–Trinajstić information content (AvgIpc) is 3.12. The van der Waals surface area contributed by atoms with E-state index in [1.807, 2.05) is 43.3 Å². The second-order valence-electron chi connectivity index (χ2n) is 8.13. The van der Waals surface area contributed by atoms with Crippen molar-refractivity contribution in [3.05, 3.63) is 65.5 Å². The Balaban J connectivity index is 0.00000363. The van der Waals surface area contributed by atoms with E-state index < -0.39 is 0 Å². The molecule has 6 nitrogen and oxygen atoms in total. The molecule has 2 aromatic rings. The van der Waals surface area contributed by atoms with Gasteiger partial charge in [-0.3, -0.25) is 9.79 Å². The molecule has 1 heterocycles. The monoisotopic (exact) mass is 553 g/mol. The topological polar surface area (TPSA) is 60.0 Å². The number of nitrogens with one attached hydrogen (secondary N) is 2. The molecule has 1 fully saturated rings. The average molecular weight is 553 g/mol. The third kappa shape index (κ3) is 7.36. The zero-order valence-electron chi connectivity index (χ0n) is 19.0. The van der Waals surface area contributed by atoms with Crippen LogP contribution in [0.5, 0.6) is 0 Å². The maximum Gasteiger partial charge on any atom is 0.223 e. The third-order valence-electron chi connectivity index (χ3n) is 5.54. The van der Waals surface area contributed by atoms with Gasteiger partial charge >= 0.3 is 0 Å². The highest BCUT2D eigenvalue weighted by atomic mass is 127. The number of anilines is 1. The van der Waals surface area contributed by atoms with E-state index in [9.17, 15) is 9.18 Å². The largest absolute Gasteiger partial charge is 0.375 e. The number of carbonyl (C=O) groups is 1. The van der Waals surface area contributed by atoms with Gasteiger partial charge in [-0.1, -0.05) is 36.4 Å². The maximum absolute atomic E-state index is 14.2. The van der Waals surface area contributed by atoms with Crippen LogP contribution in [0.3, 0.4) is 0 Å². The molecule has 1 aliphatic rings. The van der Waals surface area contributed by atoms with Crippen molar-refractivity contribution in [2.75, 3.05) is 45.7 Å². The lowest BCUT2D eigenvalue weighted by molar-refractivity contribution is -0.127. The molecule has 1 unspecified atom stereocenters. The first-order valence-corrected chi connectivity index (χ1v) is 10.7. The molecular weight excluding hydrogens is 520 g/mol. The van der Waals surface area contributed by atoms with Crippen LogP contribution in [0.4, 0.5) is 10.1 Å². The molecule has 0 radical (unpaired) electrons. The van der Waals surface area contributed by atoms with Crippen LogP contribution in [0.25, 0.3) is 0 Å². The molecule has 0 spiro atoms. The number of hydrogen-bond acceptors (Lipinski definition) is 3. The Kier molecular flexibility index (Phi) is 10.2. The molecule has 2 aromatic carbocycles. The first-order chi connectivity index (χ1) is 15.0. The SMILES string of the molecule is CN=C(NCc1ccc(N(C)C)c(F)c1)NCC1CC(=O)N(CCc2ccccc2)C1.I. The van der Waals surface area contributed by atoms with Gasteiger partial charge in [-0.25, -0.2) is 4.39 Å². The third-order valence-corrected chi connectivity index (χ3v) is 5.54. The highest BCUT2D eigenvalue weighted by Crippen LogP contribution is 2.19. The van der Waals surface area contributed by atoms with Gasteiger partial charge in [0, 0.05) is 59.7 Å². The minimum absolute atomic E-state index is 0. The fourth-order valence-corrected chi connectivity index (χ4v) is 3.79. The molecule has 3 rings (SSSR count). The summed E-state index contributed by atoms with van der Waals surface area (Å²) in [5, 5.41) is 6.51. The highest BCUT2D eigenvalue weighted by Gasteiger charge is 2.29. The number of halogens is 2. The van der Waals surface area contributed by atoms with E-state index in [4.69, 9.17) is 0 Å². The maximum atomic E-state index is 14.2. The van der Waals surface area contributed by atoms with Crippen molar-refractivity contribution in [3.63, 3.8) is 0 Å². The van der Waals surface area contributed by atoms with Crippen LogP contribution in [0, 0.1) is 11.7 Å². The Labute approximate surface area is 207 Å². The van der Waals surface area contributed by atoms with Gasteiger partial charge in [-0.05, 0) is 29.7 Å². The number of rotatable bonds is 8. The molecule has 1 aliphatic heterocycles. The molecular formula is C24H33FIN5O. The Morgan fingerprint density at radius 1 is 1.16 bits per heavy atom. The van der Waals surface area contributed by atoms with Crippen molar-refractivity contribution in [2.45, 2.75) is 19.4 Å². The van der Waals surface area contributed by atoms with Crippen LogP contribution >= 0.6 is 24.0 Å². The van der Waals surface area contributed by atoms with Crippen molar-refractivity contribution in [3.8, 4) is 0 Å². The number of likely N-dealkylation sites (tertiary alicyclic amines) is 1. The van der Waals surface area contributed by atoms with Crippen LogP contribution in [-0.4, -0.2) is 57.5 Å². The molecule has 1 saturated heterocycles. The van der Waals surface area contributed by atoms with E-state index in [0.717, 1.165) is 25.1 Å². The van der Waals surface area contributed by atoms with Gasteiger partial charge in [0.15, 0.2) is 5.96 Å². The molecule has 0 saturated carbocycles. The Hall–Kier alpha value is -2.36. The molecule has 0 aliphatic carbocycles. The molecule has 1 atom stereocenters. The number of nitrogens with zero attached hydrogens (tertiary/aromatic N) is 3. The first-order valence-electron chi connectivity index (χ1n) is 10.7. The van der Waals surface area contributed by atoms with Crippen LogP contribution in [0.15, 0.2) is 53.5 Å². The summed E-state index contributed by atoms with van der Waals surface area (Å²) >= 11 is 0.